The van der Waals surface area contributed by atoms with Crippen LogP contribution in [0.5, 0.6) is 0 Å². The molecular formula is C14H18ClNO. The third-order valence-corrected chi connectivity index (χ3v) is 4.06. The van der Waals surface area contributed by atoms with Crippen molar-refractivity contribution in [3.05, 3.63) is 34.9 Å². The summed E-state index contributed by atoms with van der Waals surface area (Å²) in [7, 11) is 0. The number of nitrogens with one attached hydrogen (secondary N) is 1. The number of hydrogen-bond donors (Lipinski definition) is 1. The van der Waals surface area contributed by atoms with Crippen LogP contribution in [0.4, 0.5) is 0 Å². The van der Waals surface area contributed by atoms with Gasteiger partial charge in [-0.15, -0.1) is 11.6 Å². The Bertz CT molecular complexity index is 438. The van der Waals surface area contributed by atoms with Crippen LogP contribution in [0.1, 0.15) is 34.3 Å². The fourth-order valence-corrected chi connectivity index (χ4v) is 2.33. The predicted octanol–water partition coefficient (Wildman–Crippen LogP) is 3.05. The molecule has 3 heteroatoms. The Morgan fingerprint density at radius 3 is 2.65 bits per heavy atom. The Balaban J connectivity index is 2.00. The molecule has 1 aromatic carbocycles. The minimum absolute atomic E-state index is 0.0129. The van der Waals surface area contributed by atoms with Gasteiger partial charge in [0.1, 0.15) is 0 Å². The molecule has 1 saturated carbocycles. The highest BCUT2D eigenvalue weighted by Gasteiger charge is 2.41. The second kappa shape index (κ2) is 4.69. The Hall–Kier alpha value is -1.02. The van der Waals surface area contributed by atoms with Crippen LogP contribution in [0.15, 0.2) is 18.2 Å². The first-order chi connectivity index (χ1) is 8.06. The summed E-state index contributed by atoms with van der Waals surface area (Å²) in [5.74, 6) is 0.652. The Morgan fingerprint density at radius 2 is 2.12 bits per heavy atom. The third-order valence-electron chi connectivity index (χ3n) is 3.49. The van der Waals surface area contributed by atoms with Gasteiger partial charge in [-0.2, -0.15) is 0 Å². The van der Waals surface area contributed by atoms with Crippen LogP contribution in [-0.4, -0.2) is 18.3 Å². The van der Waals surface area contributed by atoms with E-state index in [-0.39, 0.29) is 11.3 Å². The molecule has 1 fully saturated rings. The van der Waals surface area contributed by atoms with Gasteiger partial charge in [0, 0.05) is 23.4 Å². The molecule has 92 valence electrons. The molecule has 1 amide bonds. The van der Waals surface area contributed by atoms with Crippen molar-refractivity contribution in [1.29, 1.82) is 0 Å². The van der Waals surface area contributed by atoms with E-state index in [0.29, 0.717) is 12.4 Å². The molecule has 0 spiro atoms. The maximum Gasteiger partial charge on any atom is 0.251 e. The number of alkyl halides is 1. The van der Waals surface area contributed by atoms with Crippen LogP contribution in [0, 0.1) is 19.3 Å². The molecule has 0 saturated heterocycles. The molecule has 1 aromatic rings. The van der Waals surface area contributed by atoms with Gasteiger partial charge in [-0.1, -0.05) is 17.7 Å². The van der Waals surface area contributed by atoms with E-state index >= 15 is 0 Å². The minimum atomic E-state index is 0.0129. The first kappa shape index (κ1) is 12.4. The van der Waals surface area contributed by atoms with Crippen molar-refractivity contribution in [3.63, 3.8) is 0 Å². The van der Waals surface area contributed by atoms with Gasteiger partial charge in [0.25, 0.3) is 5.91 Å². The molecule has 0 aliphatic heterocycles. The fraction of sp³-hybridized carbons (Fsp3) is 0.500. The van der Waals surface area contributed by atoms with Crippen LogP contribution < -0.4 is 5.32 Å². The lowest BCUT2D eigenvalue weighted by atomic mass is 10.0. The molecule has 0 radical (unpaired) electrons. The summed E-state index contributed by atoms with van der Waals surface area (Å²) in [4.78, 5) is 12.0. The predicted molar refractivity (Wildman–Crippen MR) is 70.6 cm³/mol. The molecule has 1 aliphatic carbocycles. The van der Waals surface area contributed by atoms with Crippen molar-refractivity contribution in [3.8, 4) is 0 Å². The van der Waals surface area contributed by atoms with E-state index in [1.54, 1.807) is 0 Å². The largest absolute Gasteiger partial charge is 0.351 e. The van der Waals surface area contributed by atoms with E-state index in [0.717, 1.165) is 24.0 Å². The highest BCUT2D eigenvalue weighted by atomic mass is 35.5. The molecule has 1 aliphatic rings. The second-order valence-corrected chi connectivity index (χ2v) is 5.40. The van der Waals surface area contributed by atoms with Gasteiger partial charge < -0.3 is 5.32 Å². The average Bonchev–Trinajstić information content (AvgIpc) is 3.07. The highest BCUT2D eigenvalue weighted by Crippen LogP contribution is 2.45. The monoisotopic (exact) mass is 251 g/mol. The van der Waals surface area contributed by atoms with Crippen LogP contribution >= 0.6 is 11.6 Å². The number of rotatable bonds is 4. The summed E-state index contributed by atoms with van der Waals surface area (Å²) in [5.41, 5.74) is 3.15. The van der Waals surface area contributed by atoms with Crippen LogP contribution in [0.3, 0.4) is 0 Å². The van der Waals surface area contributed by atoms with Crippen LogP contribution in [-0.2, 0) is 0 Å². The molecule has 1 N–H and O–H groups in total. The third kappa shape index (κ3) is 2.81. The summed E-state index contributed by atoms with van der Waals surface area (Å²) in [5, 5.41) is 2.99. The van der Waals surface area contributed by atoms with Crippen molar-refractivity contribution in [1.82, 2.24) is 5.32 Å². The first-order valence-electron chi connectivity index (χ1n) is 5.98. The number of aryl methyl sites for hydroxylation is 2. The van der Waals surface area contributed by atoms with E-state index < -0.39 is 0 Å². The van der Waals surface area contributed by atoms with Gasteiger partial charge in [-0.25, -0.2) is 0 Å². The lowest BCUT2D eigenvalue weighted by molar-refractivity contribution is 0.0946. The molecule has 17 heavy (non-hydrogen) atoms. The molecule has 0 bridgehead atoms. The number of hydrogen-bond acceptors (Lipinski definition) is 1. The first-order valence-corrected chi connectivity index (χ1v) is 6.51. The SMILES string of the molecule is Cc1ccc(C(=O)NCC2(CCl)CC2)c(C)c1. The van der Waals surface area contributed by atoms with E-state index in [2.05, 4.69) is 5.32 Å². The molecule has 2 rings (SSSR count). The van der Waals surface area contributed by atoms with E-state index in [1.165, 1.54) is 5.56 Å². The molecular weight excluding hydrogens is 234 g/mol. The Kier molecular flexibility index (Phi) is 3.43. The van der Waals surface area contributed by atoms with Gasteiger partial charge in [0.2, 0.25) is 0 Å². The minimum Gasteiger partial charge on any atom is -0.351 e. The fourth-order valence-electron chi connectivity index (χ4n) is 1.97. The van der Waals surface area contributed by atoms with E-state index in [4.69, 9.17) is 11.6 Å². The molecule has 0 heterocycles. The molecule has 2 nitrogen and oxygen atoms in total. The van der Waals surface area contributed by atoms with Crippen molar-refractivity contribution in [2.45, 2.75) is 26.7 Å². The zero-order chi connectivity index (χ0) is 12.5. The van der Waals surface area contributed by atoms with E-state index in [1.807, 2.05) is 32.0 Å². The summed E-state index contributed by atoms with van der Waals surface area (Å²) in [6.07, 6.45) is 2.26. The Morgan fingerprint density at radius 1 is 1.41 bits per heavy atom. The number of carbonyl (C=O) groups is 1. The maximum atomic E-state index is 12.0. The second-order valence-electron chi connectivity index (χ2n) is 5.13. The zero-order valence-corrected chi connectivity index (χ0v) is 11.1. The summed E-state index contributed by atoms with van der Waals surface area (Å²) in [6, 6.07) is 5.89. The van der Waals surface area contributed by atoms with Crippen molar-refractivity contribution < 1.29 is 4.79 Å². The van der Waals surface area contributed by atoms with E-state index in [9.17, 15) is 4.79 Å². The van der Waals surface area contributed by atoms with Crippen molar-refractivity contribution >= 4 is 17.5 Å². The van der Waals surface area contributed by atoms with Crippen molar-refractivity contribution in [2.75, 3.05) is 12.4 Å². The van der Waals surface area contributed by atoms with Gasteiger partial charge in [0.15, 0.2) is 0 Å². The highest BCUT2D eigenvalue weighted by molar-refractivity contribution is 6.18. The standard InChI is InChI=1S/C14H18ClNO/c1-10-3-4-12(11(2)7-10)13(17)16-9-14(8-15)5-6-14/h3-4,7H,5-6,8-9H2,1-2H3,(H,16,17). The zero-order valence-electron chi connectivity index (χ0n) is 10.3. The molecule has 0 atom stereocenters. The van der Waals surface area contributed by atoms with Gasteiger partial charge in [-0.05, 0) is 38.3 Å². The van der Waals surface area contributed by atoms with Gasteiger partial charge in [0.05, 0.1) is 0 Å². The lowest BCUT2D eigenvalue weighted by Crippen LogP contribution is -2.31. The number of benzene rings is 1. The number of carbonyl (C=O) groups excluding carboxylic acids is 1. The van der Waals surface area contributed by atoms with Gasteiger partial charge in [-0.3, -0.25) is 4.79 Å². The smallest absolute Gasteiger partial charge is 0.251 e. The average molecular weight is 252 g/mol. The summed E-state index contributed by atoms with van der Waals surface area (Å²) in [6.45, 7) is 4.69. The van der Waals surface area contributed by atoms with Gasteiger partial charge >= 0.3 is 0 Å². The lowest BCUT2D eigenvalue weighted by Gasteiger charge is -2.13. The Labute approximate surface area is 107 Å². The number of halogens is 1. The quantitative estimate of drug-likeness (QED) is 0.819. The normalized spacial score (nSPS) is 16.6. The molecule has 0 aromatic heterocycles. The maximum absolute atomic E-state index is 12.0. The van der Waals surface area contributed by atoms with Crippen LogP contribution in [0.25, 0.3) is 0 Å². The summed E-state index contributed by atoms with van der Waals surface area (Å²) < 4.78 is 0. The number of amides is 1. The van der Waals surface area contributed by atoms with Crippen LogP contribution in [0.2, 0.25) is 0 Å². The summed E-state index contributed by atoms with van der Waals surface area (Å²) >= 11 is 5.89. The topological polar surface area (TPSA) is 29.1 Å². The molecule has 0 unspecified atom stereocenters. The van der Waals surface area contributed by atoms with Crippen molar-refractivity contribution in [2.24, 2.45) is 5.41 Å².